The van der Waals surface area contributed by atoms with Crippen LogP contribution in [0.4, 0.5) is 5.69 Å². The van der Waals surface area contributed by atoms with E-state index in [1.165, 1.54) is 10.4 Å². The molecule has 0 radical (unpaired) electrons. The fourth-order valence-corrected chi connectivity index (χ4v) is 5.06. The van der Waals surface area contributed by atoms with E-state index in [0.29, 0.717) is 30.4 Å². The molecule has 3 rings (SSSR count). The number of anilines is 1. The zero-order valence-electron chi connectivity index (χ0n) is 18.1. The maximum Gasteiger partial charge on any atom is 0.250 e. The molecule has 9 heteroatoms. The molecule has 0 bridgehead atoms. The summed E-state index contributed by atoms with van der Waals surface area (Å²) in [5.41, 5.74) is 1.35. The summed E-state index contributed by atoms with van der Waals surface area (Å²) in [5, 5.41) is 5.57. The lowest BCUT2D eigenvalue weighted by Gasteiger charge is -2.29. The Bertz CT molecular complexity index is 1090. The number of sulfonamides is 1. The highest BCUT2D eigenvalue weighted by atomic mass is 32.2. The Morgan fingerprint density at radius 2 is 1.78 bits per heavy atom. The van der Waals surface area contributed by atoms with Crippen molar-refractivity contribution < 1.29 is 17.9 Å². The fourth-order valence-electron chi connectivity index (χ4n) is 3.37. The quantitative estimate of drug-likeness (QED) is 0.492. The number of carbonyl (C=O) groups excluding carboxylic acids is 1. The summed E-state index contributed by atoms with van der Waals surface area (Å²) >= 11 is 5.18. The molecule has 0 saturated carbocycles. The Morgan fingerprint density at radius 3 is 2.44 bits per heavy atom. The summed E-state index contributed by atoms with van der Waals surface area (Å²) in [4.78, 5) is 12.4. The second-order valence-electron chi connectivity index (χ2n) is 7.63. The maximum atomic E-state index is 12.8. The molecule has 0 aromatic heterocycles. The number of methoxy groups -OCH3 is 1. The molecule has 0 aliphatic carbocycles. The lowest BCUT2D eigenvalue weighted by atomic mass is 10.0. The predicted molar refractivity (Wildman–Crippen MR) is 130 cm³/mol. The maximum absolute atomic E-state index is 12.8. The number of piperidine rings is 1. The van der Waals surface area contributed by atoms with Crippen molar-refractivity contribution in [1.82, 2.24) is 9.62 Å². The molecule has 2 aromatic rings. The van der Waals surface area contributed by atoms with Gasteiger partial charge in [-0.1, -0.05) is 25.1 Å². The van der Waals surface area contributed by atoms with E-state index < -0.39 is 15.9 Å². The minimum Gasteiger partial charge on any atom is -0.496 e. The second-order valence-corrected chi connectivity index (χ2v) is 9.98. The van der Waals surface area contributed by atoms with E-state index in [9.17, 15) is 13.2 Å². The average molecular weight is 474 g/mol. The van der Waals surface area contributed by atoms with Gasteiger partial charge in [-0.25, -0.2) is 8.42 Å². The minimum absolute atomic E-state index is 0.111. The first-order valence-corrected chi connectivity index (χ1v) is 12.2. The minimum atomic E-state index is -3.51. The van der Waals surface area contributed by atoms with Gasteiger partial charge in [-0.15, -0.1) is 0 Å². The summed E-state index contributed by atoms with van der Waals surface area (Å²) in [7, 11) is -1.94. The number of hydrogen-bond acceptors (Lipinski definition) is 5. The van der Waals surface area contributed by atoms with Crippen molar-refractivity contribution in [3.63, 3.8) is 0 Å². The fraction of sp³-hybridized carbons (Fsp3) is 0.304. The number of amides is 1. The molecule has 7 nitrogen and oxygen atoms in total. The van der Waals surface area contributed by atoms with Crippen LogP contribution < -0.4 is 15.4 Å². The first kappa shape index (κ1) is 23.9. The second kappa shape index (κ2) is 10.7. The highest BCUT2D eigenvalue weighted by molar-refractivity contribution is 7.89. The van der Waals surface area contributed by atoms with Gasteiger partial charge in [0.2, 0.25) is 15.9 Å². The number of hydrogen-bond donors (Lipinski definition) is 2. The van der Waals surface area contributed by atoms with Crippen LogP contribution in [0.25, 0.3) is 6.08 Å². The molecule has 170 valence electrons. The standard InChI is InChI=1S/C23H27N3O4S2/c1-17-13-15-26(16-14-17)32(28,29)20-10-8-19(9-11-20)24-23(31)25-22(27)12-7-18-5-3-4-6-21(18)30-2/h3-12,17H,13-16H2,1-2H3,(H2,24,25,27,31). The van der Waals surface area contributed by atoms with Crippen molar-refractivity contribution in [1.29, 1.82) is 0 Å². The molecule has 2 aromatic carbocycles. The Balaban J connectivity index is 1.56. The van der Waals surface area contributed by atoms with Crippen molar-refractivity contribution in [3.05, 3.63) is 60.2 Å². The lowest BCUT2D eigenvalue weighted by molar-refractivity contribution is -0.115. The zero-order valence-corrected chi connectivity index (χ0v) is 19.7. The van der Waals surface area contributed by atoms with Gasteiger partial charge in [-0.2, -0.15) is 4.31 Å². The van der Waals surface area contributed by atoms with E-state index in [0.717, 1.165) is 18.4 Å². The first-order valence-electron chi connectivity index (χ1n) is 10.3. The van der Waals surface area contributed by atoms with Crippen LogP contribution in [0.3, 0.4) is 0 Å². The molecule has 2 N–H and O–H groups in total. The molecule has 1 aliphatic heterocycles. The van der Waals surface area contributed by atoms with Crippen molar-refractivity contribution >= 4 is 45.0 Å². The molecular formula is C23H27N3O4S2. The number of nitrogens with zero attached hydrogens (tertiary/aromatic N) is 1. The van der Waals surface area contributed by atoms with E-state index >= 15 is 0 Å². The third-order valence-corrected chi connectivity index (χ3v) is 7.40. The number of rotatable bonds is 6. The van der Waals surface area contributed by atoms with Crippen molar-refractivity contribution in [2.45, 2.75) is 24.7 Å². The lowest BCUT2D eigenvalue weighted by Crippen LogP contribution is -2.37. The topological polar surface area (TPSA) is 87.7 Å². The van der Waals surface area contributed by atoms with Crippen LogP contribution in [0, 0.1) is 5.92 Å². The number of carbonyl (C=O) groups is 1. The Hall–Kier alpha value is -2.75. The van der Waals surface area contributed by atoms with Crippen LogP contribution in [0.5, 0.6) is 5.75 Å². The molecule has 1 fully saturated rings. The monoisotopic (exact) mass is 473 g/mol. The Kier molecular flexibility index (Phi) is 8.00. The average Bonchev–Trinajstić information content (AvgIpc) is 2.78. The van der Waals surface area contributed by atoms with Gasteiger partial charge in [0.15, 0.2) is 5.11 Å². The highest BCUT2D eigenvalue weighted by Gasteiger charge is 2.27. The smallest absolute Gasteiger partial charge is 0.250 e. The van der Waals surface area contributed by atoms with Gasteiger partial charge in [0.25, 0.3) is 0 Å². The van der Waals surface area contributed by atoms with Crippen molar-refractivity contribution in [2.75, 3.05) is 25.5 Å². The molecule has 1 heterocycles. The van der Waals surface area contributed by atoms with Gasteiger partial charge in [0, 0.05) is 30.4 Å². The molecule has 32 heavy (non-hydrogen) atoms. The van der Waals surface area contributed by atoms with Crippen LogP contribution in [-0.2, 0) is 14.8 Å². The Labute approximate surface area is 194 Å². The van der Waals surface area contributed by atoms with E-state index in [2.05, 4.69) is 17.6 Å². The largest absolute Gasteiger partial charge is 0.496 e. The summed E-state index contributed by atoms with van der Waals surface area (Å²) < 4.78 is 32.4. The van der Waals surface area contributed by atoms with Gasteiger partial charge in [-0.3, -0.25) is 10.1 Å². The first-order chi connectivity index (χ1) is 15.3. The molecule has 1 saturated heterocycles. The van der Waals surface area contributed by atoms with Crippen LogP contribution in [0.15, 0.2) is 59.5 Å². The summed E-state index contributed by atoms with van der Waals surface area (Å²) in [5.74, 6) is 0.812. The van der Waals surface area contributed by atoms with Gasteiger partial charge >= 0.3 is 0 Å². The summed E-state index contributed by atoms with van der Waals surface area (Å²) in [6.45, 7) is 3.23. The number of ether oxygens (including phenoxy) is 1. The summed E-state index contributed by atoms with van der Waals surface area (Å²) in [6, 6.07) is 13.7. The number of thiocarbonyl (C=S) groups is 1. The Morgan fingerprint density at radius 1 is 1.12 bits per heavy atom. The molecule has 0 unspecified atom stereocenters. The van der Waals surface area contributed by atoms with E-state index in [-0.39, 0.29) is 10.0 Å². The van der Waals surface area contributed by atoms with Gasteiger partial charge in [-0.05, 0) is 67.4 Å². The van der Waals surface area contributed by atoms with Crippen LogP contribution >= 0.6 is 12.2 Å². The number of para-hydroxylation sites is 1. The molecular weight excluding hydrogens is 446 g/mol. The van der Waals surface area contributed by atoms with Crippen LogP contribution in [0.1, 0.15) is 25.3 Å². The van der Waals surface area contributed by atoms with Gasteiger partial charge in [0.05, 0.1) is 12.0 Å². The van der Waals surface area contributed by atoms with E-state index in [1.807, 2.05) is 18.2 Å². The van der Waals surface area contributed by atoms with Gasteiger partial charge < -0.3 is 10.1 Å². The normalized spacial score (nSPS) is 15.4. The SMILES string of the molecule is COc1ccccc1C=CC(=O)NC(=S)Nc1ccc(S(=O)(=O)N2CCC(C)CC2)cc1. The molecule has 1 aliphatic rings. The third kappa shape index (κ3) is 6.15. The van der Waals surface area contributed by atoms with E-state index in [1.54, 1.807) is 43.5 Å². The van der Waals surface area contributed by atoms with Crippen molar-refractivity contribution in [2.24, 2.45) is 5.92 Å². The van der Waals surface area contributed by atoms with Gasteiger partial charge in [0.1, 0.15) is 5.75 Å². The number of benzene rings is 2. The molecule has 0 spiro atoms. The molecule has 1 amide bonds. The predicted octanol–water partition coefficient (Wildman–Crippen LogP) is 3.64. The van der Waals surface area contributed by atoms with Crippen molar-refractivity contribution in [3.8, 4) is 5.75 Å². The highest BCUT2D eigenvalue weighted by Crippen LogP contribution is 2.24. The molecule has 0 atom stereocenters. The van der Waals surface area contributed by atoms with E-state index in [4.69, 9.17) is 17.0 Å². The third-order valence-electron chi connectivity index (χ3n) is 5.28. The van der Waals surface area contributed by atoms with Crippen LogP contribution in [-0.4, -0.2) is 43.9 Å². The number of nitrogens with one attached hydrogen (secondary N) is 2. The van der Waals surface area contributed by atoms with Crippen LogP contribution in [0.2, 0.25) is 0 Å². The summed E-state index contributed by atoms with van der Waals surface area (Å²) in [6.07, 6.45) is 4.75. The zero-order chi connectivity index (χ0) is 23.1.